The SMILES string of the molecule is NCCC1CCN(Cc2sc3ccccc3c2Cl)CC1. The van der Waals surface area contributed by atoms with Gasteiger partial charge in [-0.05, 0) is 50.9 Å². The van der Waals surface area contributed by atoms with Crippen LogP contribution in [0.15, 0.2) is 24.3 Å². The highest BCUT2D eigenvalue weighted by atomic mass is 35.5. The summed E-state index contributed by atoms with van der Waals surface area (Å²) in [4.78, 5) is 3.84. The molecule has 1 fully saturated rings. The smallest absolute Gasteiger partial charge is 0.0637 e. The third-order valence-electron chi connectivity index (χ3n) is 4.25. The molecule has 0 spiro atoms. The van der Waals surface area contributed by atoms with Crippen molar-refractivity contribution in [3.05, 3.63) is 34.2 Å². The van der Waals surface area contributed by atoms with Gasteiger partial charge in [0.1, 0.15) is 0 Å². The minimum absolute atomic E-state index is 0.826. The van der Waals surface area contributed by atoms with Crippen LogP contribution in [0.2, 0.25) is 5.02 Å². The van der Waals surface area contributed by atoms with E-state index in [1.54, 1.807) is 0 Å². The van der Waals surface area contributed by atoms with Crippen molar-refractivity contribution < 1.29 is 0 Å². The van der Waals surface area contributed by atoms with Crippen LogP contribution < -0.4 is 5.73 Å². The van der Waals surface area contributed by atoms with Crippen LogP contribution >= 0.6 is 22.9 Å². The van der Waals surface area contributed by atoms with Crippen molar-refractivity contribution in [1.29, 1.82) is 0 Å². The van der Waals surface area contributed by atoms with Crippen LogP contribution in [0.25, 0.3) is 10.1 Å². The maximum absolute atomic E-state index is 6.52. The van der Waals surface area contributed by atoms with Crippen molar-refractivity contribution in [2.24, 2.45) is 11.7 Å². The van der Waals surface area contributed by atoms with E-state index in [0.29, 0.717) is 0 Å². The average molecular weight is 309 g/mol. The van der Waals surface area contributed by atoms with Gasteiger partial charge < -0.3 is 5.73 Å². The molecule has 0 bridgehead atoms. The Morgan fingerprint density at radius 1 is 1.25 bits per heavy atom. The molecule has 0 unspecified atom stereocenters. The van der Waals surface area contributed by atoms with E-state index in [2.05, 4.69) is 29.2 Å². The fourth-order valence-electron chi connectivity index (χ4n) is 3.04. The number of hydrogen-bond acceptors (Lipinski definition) is 3. The lowest BCUT2D eigenvalue weighted by molar-refractivity contribution is 0.175. The number of nitrogens with zero attached hydrogens (tertiary/aromatic N) is 1. The van der Waals surface area contributed by atoms with Gasteiger partial charge in [-0.1, -0.05) is 29.8 Å². The van der Waals surface area contributed by atoms with Gasteiger partial charge in [0.15, 0.2) is 0 Å². The summed E-state index contributed by atoms with van der Waals surface area (Å²) in [7, 11) is 0. The van der Waals surface area contributed by atoms with E-state index in [1.807, 2.05) is 11.3 Å². The van der Waals surface area contributed by atoms with E-state index in [4.69, 9.17) is 17.3 Å². The van der Waals surface area contributed by atoms with Crippen molar-refractivity contribution >= 4 is 33.0 Å². The van der Waals surface area contributed by atoms with Gasteiger partial charge in [-0.25, -0.2) is 0 Å². The second-order valence-corrected chi connectivity index (χ2v) is 7.15. The third-order valence-corrected chi connectivity index (χ3v) is 5.95. The first-order valence-electron chi connectivity index (χ1n) is 7.36. The molecule has 1 aromatic heterocycles. The van der Waals surface area contributed by atoms with Crippen molar-refractivity contribution in [2.45, 2.75) is 25.8 Å². The summed E-state index contributed by atoms with van der Waals surface area (Å²) in [5.41, 5.74) is 5.65. The second kappa shape index (κ2) is 6.44. The van der Waals surface area contributed by atoms with Gasteiger partial charge in [-0.15, -0.1) is 11.3 Å². The number of thiophene rings is 1. The first-order chi connectivity index (χ1) is 9.78. The molecule has 1 aliphatic rings. The number of benzene rings is 1. The maximum atomic E-state index is 6.52. The molecule has 3 rings (SSSR count). The second-order valence-electron chi connectivity index (χ2n) is 5.63. The number of fused-ring (bicyclic) bond motifs is 1. The highest BCUT2D eigenvalue weighted by Gasteiger charge is 2.20. The molecule has 2 aromatic rings. The number of halogens is 1. The quantitative estimate of drug-likeness (QED) is 0.920. The van der Waals surface area contributed by atoms with Crippen molar-refractivity contribution in [2.75, 3.05) is 19.6 Å². The predicted molar refractivity (Wildman–Crippen MR) is 88.5 cm³/mol. The van der Waals surface area contributed by atoms with E-state index in [1.165, 1.54) is 47.3 Å². The lowest BCUT2D eigenvalue weighted by Crippen LogP contribution is -2.33. The van der Waals surface area contributed by atoms with Crippen molar-refractivity contribution in [1.82, 2.24) is 4.90 Å². The molecule has 1 saturated heterocycles. The summed E-state index contributed by atoms with van der Waals surface area (Å²) in [6.45, 7) is 4.17. The normalized spacial score (nSPS) is 17.9. The Labute approximate surface area is 129 Å². The highest BCUT2D eigenvalue weighted by Crippen LogP contribution is 2.36. The third kappa shape index (κ3) is 3.01. The molecule has 0 saturated carbocycles. The van der Waals surface area contributed by atoms with Crippen LogP contribution in [0, 0.1) is 5.92 Å². The van der Waals surface area contributed by atoms with Crippen LogP contribution in [-0.4, -0.2) is 24.5 Å². The van der Waals surface area contributed by atoms with E-state index in [0.717, 1.165) is 24.0 Å². The molecule has 0 amide bonds. The Hall–Kier alpha value is -0.610. The number of nitrogens with two attached hydrogens (primary N) is 1. The molecule has 1 aliphatic heterocycles. The summed E-state index contributed by atoms with van der Waals surface area (Å²) in [5.74, 6) is 0.828. The van der Waals surface area contributed by atoms with Gasteiger partial charge in [-0.2, -0.15) is 0 Å². The Morgan fingerprint density at radius 3 is 2.70 bits per heavy atom. The predicted octanol–water partition coefficient (Wildman–Crippen LogP) is 4.12. The summed E-state index contributed by atoms with van der Waals surface area (Å²) < 4.78 is 1.30. The molecule has 2 nitrogen and oxygen atoms in total. The van der Waals surface area contributed by atoms with E-state index in [-0.39, 0.29) is 0 Å². The van der Waals surface area contributed by atoms with Crippen LogP contribution in [0.3, 0.4) is 0 Å². The fourth-order valence-corrected chi connectivity index (χ4v) is 4.57. The Kier molecular flexibility index (Phi) is 4.61. The molecule has 2 heterocycles. The topological polar surface area (TPSA) is 29.3 Å². The molecule has 1 aromatic carbocycles. The van der Waals surface area contributed by atoms with Crippen LogP contribution in [0.5, 0.6) is 0 Å². The summed E-state index contributed by atoms with van der Waals surface area (Å²) in [6, 6.07) is 8.41. The molecular weight excluding hydrogens is 288 g/mol. The number of rotatable bonds is 4. The summed E-state index contributed by atoms with van der Waals surface area (Å²) in [5, 5.41) is 2.15. The highest BCUT2D eigenvalue weighted by molar-refractivity contribution is 7.19. The fraction of sp³-hybridized carbons (Fsp3) is 0.500. The molecule has 20 heavy (non-hydrogen) atoms. The monoisotopic (exact) mass is 308 g/mol. The van der Waals surface area contributed by atoms with Crippen molar-refractivity contribution in [3.63, 3.8) is 0 Å². The molecule has 0 atom stereocenters. The van der Waals surface area contributed by atoms with Crippen LogP contribution in [-0.2, 0) is 6.54 Å². The van der Waals surface area contributed by atoms with Crippen LogP contribution in [0.1, 0.15) is 24.1 Å². The zero-order chi connectivity index (χ0) is 13.9. The minimum Gasteiger partial charge on any atom is -0.330 e. The average Bonchev–Trinajstić information content (AvgIpc) is 2.79. The standard InChI is InChI=1S/C16H21ClN2S/c17-16-13-3-1-2-4-14(13)20-15(16)11-19-9-6-12(5-8-18)7-10-19/h1-4,12H,5-11,18H2. The molecule has 108 valence electrons. The summed E-state index contributed by atoms with van der Waals surface area (Å²) in [6.07, 6.45) is 3.73. The first kappa shape index (κ1) is 14.3. The lowest BCUT2D eigenvalue weighted by atomic mass is 9.94. The van der Waals surface area contributed by atoms with Gasteiger partial charge in [0, 0.05) is 21.5 Å². The van der Waals surface area contributed by atoms with Gasteiger partial charge in [-0.3, -0.25) is 4.90 Å². The van der Waals surface area contributed by atoms with Crippen molar-refractivity contribution in [3.8, 4) is 0 Å². The van der Waals surface area contributed by atoms with E-state index in [9.17, 15) is 0 Å². The van der Waals surface area contributed by atoms with Gasteiger partial charge in [0.25, 0.3) is 0 Å². The summed E-state index contributed by atoms with van der Waals surface area (Å²) >= 11 is 8.36. The zero-order valence-electron chi connectivity index (χ0n) is 11.6. The Balaban J connectivity index is 1.67. The van der Waals surface area contributed by atoms with E-state index < -0.39 is 0 Å². The van der Waals surface area contributed by atoms with Crippen LogP contribution in [0.4, 0.5) is 0 Å². The molecule has 2 N–H and O–H groups in total. The lowest BCUT2D eigenvalue weighted by Gasteiger charge is -2.31. The Morgan fingerprint density at radius 2 is 2.00 bits per heavy atom. The molecular formula is C16H21ClN2S. The molecule has 4 heteroatoms. The number of piperidine rings is 1. The molecule has 0 aliphatic carbocycles. The van der Waals surface area contributed by atoms with Gasteiger partial charge in [0.05, 0.1) is 5.02 Å². The van der Waals surface area contributed by atoms with Gasteiger partial charge >= 0.3 is 0 Å². The maximum Gasteiger partial charge on any atom is 0.0637 e. The Bertz CT molecular complexity index is 573. The first-order valence-corrected chi connectivity index (χ1v) is 8.55. The zero-order valence-corrected chi connectivity index (χ0v) is 13.2. The number of hydrogen-bond donors (Lipinski definition) is 1. The van der Waals surface area contributed by atoms with E-state index >= 15 is 0 Å². The minimum atomic E-state index is 0.826. The van der Waals surface area contributed by atoms with Gasteiger partial charge in [0.2, 0.25) is 0 Å². The number of likely N-dealkylation sites (tertiary alicyclic amines) is 1. The molecule has 0 radical (unpaired) electrons. The largest absolute Gasteiger partial charge is 0.330 e.